The summed E-state index contributed by atoms with van der Waals surface area (Å²) in [6, 6.07) is 0. The maximum Gasteiger partial charge on any atom is 0.343 e. The van der Waals surface area contributed by atoms with Gasteiger partial charge in [-0.1, -0.05) is 0 Å². The largest absolute Gasteiger partial charge is 0.477 e. The Morgan fingerprint density at radius 1 is 0.773 bits per heavy atom. The first-order valence-corrected chi connectivity index (χ1v) is 5.93. The highest BCUT2D eigenvalue weighted by Crippen LogP contribution is 2.22. The molecule has 108 valence electrons. The van der Waals surface area contributed by atoms with Gasteiger partial charge >= 0.3 is 23.4 Å². The lowest BCUT2D eigenvalue weighted by molar-refractivity contribution is -0.133. The van der Waals surface area contributed by atoms with E-state index < -0.39 is 11.9 Å². The standard InChI is InChI=1S/C14H8N4O4/c15-17-11-3-1-7(5-9(11)13(19)20)8-2-4-12(18-16)10(6-8)14(21)22/h1-6H,(H,19,20)(H,21,22)/b8-7+. The van der Waals surface area contributed by atoms with Crippen LogP contribution in [0.4, 0.5) is 0 Å². The van der Waals surface area contributed by atoms with Crippen molar-refractivity contribution in [1.29, 1.82) is 0 Å². The van der Waals surface area contributed by atoms with Crippen molar-refractivity contribution in [3.8, 4) is 0 Å². The van der Waals surface area contributed by atoms with Gasteiger partial charge in [-0.25, -0.2) is 9.59 Å². The third-order valence-electron chi connectivity index (χ3n) is 3.00. The summed E-state index contributed by atoms with van der Waals surface area (Å²) in [5.74, 6) is -2.56. The molecule has 2 rings (SSSR count). The Bertz CT molecular complexity index is 772. The summed E-state index contributed by atoms with van der Waals surface area (Å²) in [6.45, 7) is 0. The Morgan fingerprint density at radius 3 is 1.41 bits per heavy atom. The molecule has 0 aliphatic heterocycles. The molecule has 2 aliphatic rings. The summed E-state index contributed by atoms with van der Waals surface area (Å²) in [5, 5.41) is 18.2. The van der Waals surface area contributed by atoms with Crippen LogP contribution in [-0.2, 0) is 9.59 Å². The van der Waals surface area contributed by atoms with Crippen LogP contribution in [0.2, 0.25) is 0 Å². The Labute approximate surface area is 123 Å². The van der Waals surface area contributed by atoms with E-state index in [2.05, 4.69) is 9.58 Å². The number of aliphatic carboxylic acids is 2. The second-order valence-electron chi connectivity index (χ2n) is 4.27. The van der Waals surface area contributed by atoms with E-state index in [1.165, 1.54) is 36.5 Å². The van der Waals surface area contributed by atoms with Crippen LogP contribution in [-0.4, -0.2) is 43.2 Å². The molecular formula is C14H8N4O4. The fraction of sp³-hybridized carbons (Fsp3) is 0. The van der Waals surface area contributed by atoms with E-state index in [4.69, 9.17) is 21.3 Å². The number of allylic oxidation sites excluding steroid dienone is 8. The predicted molar refractivity (Wildman–Crippen MR) is 74.0 cm³/mol. The van der Waals surface area contributed by atoms with Crippen molar-refractivity contribution >= 4 is 23.4 Å². The molecule has 0 saturated carbocycles. The summed E-state index contributed by atoms with van der Waals surface area (Å²) in [7, 11) is 0. The van der Waals surface area contributed by atoms with Gasteiger partial charge in [0.05, 0.1) is 0 Å². The van der Waals surface area contributed by atoms with E-state index >= 15 is 0 Å². The monoisotopic (exact) mass is 296 g/mol. The fourth-order valence-corrected chi connectivity index (χ4v) is 1.95. The molecule has 8 heteroatoms. The Kier molecular flexibility index (Phi) is 3.90. The van der Waals surface area contributed by atoms with Crippen molar-refractivity contribution in [1.82, 2.24) is 0 Å². The lowest BCUT2D eigenvalue weighted by atomic mass is 9.92. The highest BCUT2D eigenvalue weighted by molar-refractivity contribution is 6.24. The zero-order valence-corrected chi connectivity index (χ0v) is 11.0. The first-order chi connectivity index (χ1) is 10.5. The molecular weight excluding hydrogens is 288 g/mol. The Morgan fingerprint density at radius 2 is 1.14 bits per heavy atom. The number of hydrogen-bond acceptors (Lipinski definition) is 2. The van der Waals surface area contributed by atoms with Crippen LogP contribution in [0.5, 0.6) is 0 Å². The maximum absolute atomic E-state index is 11.1. The average molecular weight is 296 g/mol. The molecule has 2 N–H and O–H groups in total. The Hall–Kier alpha value is -3.60. The van der Waals surface area contributed by atoms with Crippen LogP contribution in [0.15, 0.2) is 58.7 Å². The number of rotatable bonds is 2. The molecule has 0 aromatic heterocycles. The Balaban J connectivity index is 2.62. The third-order valence-corrected chi connectivity index (χ3v) is 3.00. The van der Waals surface area contributed by atoms with Crippen molar-refractivity contribution in [2.24, 2.45) is 0 Å². The molecule has 0 amide bonds. The summed E-state index contributed by atoms with van der Waals surface area (Å²) >= 11 is 0. The summed E-state index contributed by atoms with van der Waals surface area (Å²) in [4.78, 5) is 28.0. The van der Waals surface area contributed by atoms with Crippen molar-refractivity contribution in [2.75, 3.05) is 0 Å². The van der Waals surface area contributed by atoms with Gasteiger partial charge in [-0.05, 0) is 35.5 Å². The van der Waals surface area contributed by atoms with Crippen LogP contribution in [0.25, 0.3) is 11.1 Å². The summed E-state index contributed by atoms with van der Waals surface area (Å²) in [6.07, 6.45) is 8.08. The van der Waals surface area contributed by atoms with Crippen molar-refractivity contribution in [3.63, 3.8) is 0 Å². The second kappa shape index (κ2) is 5.80. The molecule has 0 saturated heterocycles. The van der Waals surface area contributed by atoms with Gasteiger partial charge in [0.15, 0.2) is 0 Å². The van der Waals surface area contributed by atoms with E-state index in [1.54, 1.807) is 0 Å². The van der Waals surface area contributed by atoms with Gasteiger partial charge in [0.2, 0.25) is 0 Å². The van der Waals surface area contributed by atoms with Gasteiger partial charge in [-0.15, -0.1) is 0 Å². The summed E-state index contributed by atoms with van der Waals surface area (Å²) in [5.41, 5.74) is 17.7. The van der Waals surface area contributed by atoms with E-state index in [0.29, 0.717) is 11.1 Å². The average Bonchev–Trinajstić information content (AvgIpc) is 2.53. The van der Waals surface area contributed by atoms with Gasteiger partial charge in [0.1, 0.15) is 11.1 Å². The van der Waals surface area contributed by atoms with Gasteiger partial charge < -0.3 is 21.3 Å². The topological polar surface area (TPSA) is 147 Å². The number of hydrogen-bond donors (Lipinski definition) is 2. The highest BCUT2D eigenvalue weighted by Gasteiger charge is 2.27. The van der Waals surface area contributed by atoms with Crippen LogP contribution in [0, 0.1) is 0 Å². The molecule has 0 bridgehead atoms. The van der Waals surface area contributed by atoms with Crippen LogP contribution in [0.1, 0.15) is 0 Å². The maximum atomic E-state index is 11.1. The molecule has 0 radical (unpaired) electrons. The second-order valence-corrected chi connectivity index (χ2v) is 4.27. The lowest BCUT2D eigenvalue weighted by Gasteiger charge is -2.09. The van der Waals surface area contributed by atoms with Crippen LogP contribution in [0.3, 0.4) is 0 Å². The van der Waals surface area contributed by atoms with Gasteiger partial charge in [0.25, 0.3) is 0 Å². The SMILES string of the molecule is [N-]=[N+]=C1C=C/C(=C2/C=CC(=[N+]=[N-])C(C(=O)O)=C2)C=C1C(=O)O. The number of carboxylic acid groups (broad SMARTS) is 2. The quantitative estimate of drug-likeness (QED) is 0.572. The molecule has 22 heavy (non-hydrogen) atoms. The van der Waals surface area contributed by atoms with Crippen LogP contribution >= 0.6 is 0 Å². The van der Waals surface area contributed by atoms with E-state index in [9.17, 15) is 9.59 Å². The first-order valence-electron chi connectivity index (χ1n) is 5.93. The minimum atomic E-state index is -1.28. The molecule has 0 spiro atoms. The number of carboxylic acids is 2. The molecule has 0 aromatic rings. The number of nitrogens with zero attached hydrogens (tertiary/aromatic N) is 4. The zero-order valence-electron chi connectivity index (χ0n) is 11.0. The molecule has 0 unspecified atom stereocenters. The van der Waals surface area contributed by atoms with Gasteiger partial charge in [0, 0.05) is 12.2 Å². The fourth-order valence-electron chi connectivity index (χ4n) is 1.95. The van der Waals surface area contributed by atoms with E-state index in [1.807, 2.05) is 0 Å². The van der Waals surface area contributed by atoms with Gasteiger partial charge in [-0.2, -0.15) is 9.58 Å². The molecule has 0 aromatic carbocycles. The normalized spacial score (nSPS) is 20.0. The first kappa shape index (κ1) is 14.8. The predicted octanol–water partition coefficient (Wildman–Crippen LogP) is 0.786. The highest BCUT2D eigenvalue weighted by atomic mass is 16.4. The van der Waals surface area contributed by atoms with Crippen molar-refractivity contribution < 1.29 is 29.4 Å². The van der Waals surface area contributed by atoms with E-state index in [-0.39, 0.29) is 22.6 Å². The molecule has 0 fully saturated rings. The minimum Gasteiger partial charge on any atom is -0.477 e. The third kappa shape index (κ3) is 2.64. The molecule has 2 aliphatic carbocycles. The summed E-state index contributed by atoms with van der Waals surface area (Å²) < 4.78 is 0. The van der Waals surface area contributed by atoms with Crippen molar-refractivity contribution in [2.45, 2.75) is 0 Å². The van der Waals surface area contributed by atoms with E-state index in [0.717, 1.165) is 0 Å². The lowest BCUT2D eigenvalue weighted by Crippen LogP contribution is -2.16. The zero-order chi connectivity index (χ0) is 16.3. The molecule has 0 atom stereocenters. The van der Waals surface area contributed by atoms with Gasteiger partial charge in [-0.3, -0.25) is 0 Å². The molecule has 8 nitrogen and oxygen atoms in total. The van der Waals surface area contributed by atoms with Crippen LogP contribution < -0.4 is 0 Å². The molecule has 0 heterocycles. The smallest absolute Gasteiger partial charge is 0.343 e. The van der Waals surface area contributed by atoms with Crippen molar-refractivity contribution in [3.05, 3.63) is 69.8 Å². The minimum absolute atomic E-state index is 0.114. The number of carbonyl (C=O) groups is 2.